The molecule has 1 fully saturated rings. The van der Waals surface area contributed by atoms with Gasteiger partial charge >= 0.3 is 0 Å². The molecule has 1 aromatic rings. The van der Waals surface area contributed by atoms with Gasteiger partial charge in [0.1, 0.15) is 5.78 Å². The topological polar surface area (TPSA) is 60.9 Å². The number of nitrogens with zero attached hydrogens (tertiary/aromatic N) is 3. The van der Waals surface area contributed by atoms with E-state index in [1.54, 1.807) is 0 Å². The molecule has 1 aliphatic heterocycles. The van der Waals surface area contributed by atoms with Gasteiger partial charge in [0.05, 0.1) is 23.7 Å². The van der Waals surface area contributed by atoms with Crippen LogP contribution in [0.5, 0.6) is 0 Å². The van der Waals surface area contributed by atoms with E-state index in [0.717, 1.165) is 11.1 Å². The lowest BCUT2D eigenvalue weighted by Crippen LogP contribution is -2.44. The number of carbonyl (C=O) groups is 3. The quantitative estimate of drug-likeness (QED) is 0.470. The first kappa shape index (κ1) is 18.3. The van der Waals surface area contributed by atoms with Crippen LogP contribution in [0, 0.1) is 0 Å². The Bertz CT molecular complexity index is 843. The summed E-state index contributed by atoms with van der Waals surface area (Å²) in [6.45, 7) is 4.29. The summed E-state index contributed by atoms with van der Waals surface area (Å²) in [6, 6.07) is 5.07. The highest BCUT2D eigenvalue weighted by Gasteiger charge is 2.43. The van der Waals surface area contributed by atoms with Gasteiger partial charge < -0.3 is 0 Å². The van der Waals surface area contributed by atoms with Crippen LogP contribution in [0.25, 0.3) is 5.70 Å². The van der Waals surface area contributed by atoms with Crippen LogP contribution in [-0.4, -0.2) is 59.6 Å². The second kappa shape index (κ2) is 7.00. The Labute approximate surface area is 154 Å². The molecule has 138 valence electrons. The molecule has 1 aromatic carbocycles. The molecule has 1 saturated carbocycles. The number of rotatable bonds is 4. The molecule has 1 atom stereocenters. The predicted molar refractivity (Wildman–Crippen MR) is 100 cm³/mol. The number of carbonyl (C=O) groups excluding carboxylic acids is 3. The van der Waals surface area contributed by atoms with E-state index in [-0.39, 0.29) is 25.3 Å². The van der Waals surface area contributed by atoms with E-state index in [0.29, 0.717) is 30.6 Å². The van der Waals surface area contributed by atoms with E-state index in [1.165, 1.54) is 4.90 Å². The lowest BCUT2D eigenvalue weighted by Gasteiger charge is -2.29. The van der Waals surface area contributed by atoms with Gasteiger partial charge in [0.2, 0.25) is 0 Å². The third-order valence-corrected chi connectivity index (χ3v) is 5.08. The third kappa shape index (κ3) is 3.03. The molecule has 1 amide bonds. The van der Waals surface area contributed by atoms with Gasteiger partial charge in [0.25, 0.3) is 5.91 Å². The summed E-state index contributed by atoms with van der Waals surface area (Å²) in [5.74, 6) is -0.475. The second-order valence-electron chi connectivity index (χ2n) is 6.94. The first-order chi connectivity index (χ1) is 12.3. The van der Waals surface area contributed by atoms with E-state index >= 15 is 0 Å². The van der Waals surface area contributed by atoms with Gasteiger partial charge in [-0.25, -0.2) is 10.0 Å². The maximum atomic E-state index is 13.2. The van der Waals surface area contributed by atoms with Gasteiger partial charge in [0.15, 0.2) is 5.78 Å². The minimum Gasteiger partial charge on any atom is -0.299 e. The molecule has 0 N–H and O–H groups in total. The van der Waals surface area contributed by atoms with Crippen molar-refractivity contribution < 1.29 is 15.8 Å². The average Bonchev–Trinajstić information content (AvgIpc) is 2.88. The monoisotopic (exact) mass is 355 g/mol. The number of amides is 1. The Morgan fingerprint density at radius 3 is 2.62 bits per heavy atom. The Balaban J connectivity index is 0.00000261. The first-order valence-corrected chi connectivity index (χ1v) is 8.63. The predicted octanol–water partition coefficient (Wildman–Crippen LogP) is 2.11. The van der Waals surface area contributed by atoms with E-state index in [4.69, 9.17) is 0 Å². The zero-order valence-electron chi connectivity index (χ0n) is 15.4. The fraction of sp³-hybridized carbons (Fsp3) is 0.400. The summed E-state index contributed by atoms with van der Waals surface area (Å²) in [6.07, 6.45) is 0.568. The largest absolute Gasteiger partial charge is 0.299 e. The van der Waals surface area contributed by atoms with Crippen molar-refractivity contribution in [3.05, 3.63) is 47.2 Å². The molecule has 0 radical (unpaired) electrons. The molecular formula is C20H25N3O3. The van der Waals surface area contributed by atoms with Gasteiger partial charge in [0, 0.05) is 41.1 Å². The van der Waals surface area contributed by atoms with Crippen molar-refractivity contribution in [2.24, 2.45) is 0 Å². The van der Waals surface area contributed by atoms with Gasteiger partial charge in [-0.2, -0.15) is 0 Å². The van der Waals surface area contributed by atoms with Gasteiger partial charge in [-0.1, -0.05) is 24.8 Å². The lowest BCUT2D eigenvalue weighted by atomic mass is 9.91. The zero-order valence-corrected chi connectivity index (χ0v) is 15.4. The number of ketones is 2. The number of benzene rings is 1. The minimum absolute atomic E-state index is 0. The Kier molecular flexibility index (Phi) is 4.92. The highest BCUT2D eigenvalue weighted by Crippen LogP contribution is 2.38. The molecule has 0 spiro atoms. The molecule has 1 heterocycles. The summed E-state index contributed by atoms with van der Waals surface area (Å²) in [4.78, 5) is 38.7. The average molecular weight is 355 g/mol. The highest BCUT2D eigenvalue weighted by atomic mass is 16.2. The molecular weight excluding hydrogens is 330 g/mol. The van der Waals surface area contributed by atoms with E-state index < -0.39 is 6.04 Å². The molecule has 26 heavy (non-hydrogen) atoms. The number of Topliss-reactive ketones (excluding diaryl/α,β-unsaturated/α-hetero) is 2. The van der Waals surface area contributed by atoms with Crippen molar-refractivity contribution in [3.8, 4) is 0 Å². The van der Waals surface area contributed by atoms with E-state index in [2.05, 4.69) is 12.3 Å². The van der Waals surface area contributed by atoms with E-state index in [1.807, 2.05) is 49.4 Å². The molecule has 3 rings (SSSR count). The maximum Gasteiger partial charge on any atom is 0.260 e. The molecule has 6 nitrogen and oxygen atoms in total. The minimum atomic E-state index is -0.615. The molecule has 0 bridgehead atoms. The molecule has 0 saturated heterocycles. The van der Waals surface area contributed by atoms with Crippen LogP contribution < -0.4 is 0 Å². The van der Waals surface area contributed by atoms with Crippen LogP contribution in [0.2, 0.25) is 0 Å². The van der Waals surface area contributed by atoms with Crippen molar-refractivity contribution >= 4 is 23.2 Å². The summed E-state index contributed by atoms with van der Waals surface area (Å²) >= 11 is 0. The van der Waals surface area contributed by atoms with Crippen molar-refractivity contribution in [2.45, 2.75) is 31.8 Å². The third-order valence-electron chi connectivity index (χ3n) is 5.08. The number of hydrogen-bond acceptors (Lipinski definition) is 5. The maximum absolute atomic E-state index is 13.2. The molecule has 6 heteroatoms. The van der Waals surface area contributed by atoms with Crippen molar-refractivity contribution in [3.63, 3.8) is 0 Å². The van der Waals surface area contributed by atoms with Crippen molar-refractivity contribution in [1.29, 1.82) is 0 Å². The number of fused-ring (bicyclic) bond motifs is 1. The molecule has 1 unspecified atom stereocenters. The van der Waals surface area contributed by atoms with Crippen molar-refractivity contribution in [1.82, 2.24) is 14.9 Å². The fourth-order valence-electron chi connectivity index (χ4n) is 3.53. The van der Waals surface area contributed by atoms with Gasteiger partial charge in [-0.15, -0.1) is 5.73 Å². The van der Waals surface area contributed by atoms with Crippen LogP contribution in [-0.2, 0) is 16.1 Å². The van der Waals surface area contributed by atoms with Crippen LogP contribution >= 0.6 is 0 Å². The summed E-state index contributed by atoms with van der Waals surface area (Å²) in [7, 11) is 5.81. The molecule has 0 aromatic heterocycles. The van der Waals surface area contributed by atoms with Crippen LogP contribution in [0.4, 0.5) is 0 Å². The fourth-order valence-corrected chi connectivity index (χ4v) is 3.53. The smallest absolute Gasteiger partial charge is 0.260 e. The van der Waals surface area contributed by atoms with Gasteiger partial charge in [-0.05, 0) is 12.0 Å². The summed E-state index contributed by atoms with van der Waals surface area (Å²) < 4.78 is 0. The lowest BCUT2D eigenvalue weighted by molar-refractivity contribution is -0.132. The summed E-state index contributed by atoms with van der Waals surface area (Å²) in [5.41, 5.74) is 5.61. The zero-order chi connectivity index (χ0) is 19.0. The normalized spacial score (nSPS) is 20.2. The Hall–Kier alpha value is -2.53. The van der Waals surface area contributed by atoms with Crippen LogP contribution in [0.1, 0.15) is 42.2 Å². The van der Waals surface area contributed by atoms with Crippen LogP contribution in [0.3, 0.4) is 0 Å². The van der Waals surface area contributed by atoms with Gasteiger partial charge in [-0.3, -0.25) is 19.3 Å². The number of hydrogen-bond donors (Lipinski definition) is 0. The second-order valence-corrected chi connectivity index (χ2v) is 6.94. The molecule has 2 aliphatic rings. The SMILES string of the molecule is C=C=C1c2cccc(CN(C)N(C)C)c2C(=O)N1C1CCC(=O)CC1=O.[HH]. The summed E-state index contributed by atoms with van der Waals surface area (Å²) in [5, 5.41) is 3.93. The van der Waals surface area contributed by atoms with E-state index in [9.17, 15) is 14.4 Å². The molecule has 1 aliphatic carbocycles. The first-order valence-electron chi connectivity index (χ1n) is 8.63. The Morgan fingerprint density at radius 2 is 2.00 bits per heavy atom. The van der Waals surface area contributed by atoms with Crippen LogP contribution in [0.15, 0.2) is 30.5 Å². The Morgan fingerprint density at radius 1 is 1.27 bits per heavy atom. The standard InChI is InChI=1S/C20H23N3O3.H2/c1-5-16-15-8-6-7-13(12-22(4)21(2)3)19(15)20(26)23(16)17-10-9-14(24)11-18(17)25;/h6-8,17H,1,9-12H2,2-4H3;1H. The van der Waals surface area contributed by atoms with Crippen molar-refractivity contribution in [2.75, 3.05) is 21.1 Å². The highest BCUT2D eigenvalue weighted by molar-refractivity contribution is 6.14. The number of hydrazine groups is 1.